The summed E-state index contributed by atoms with van der Waals surface area (Å²) in [4.78, 5) is 0. The van der Waals surface area contributed by atoms with Crippen LogP contribution in [0, 0.1) is 0 Å². The minimum absolute atomic E-state index is 0.390. The third-order valence-corrected chi connectivity index (χ3v) is 3.21. The Morgan fingerprint density at radius 1 is 1.47 bits per heavy atom. The van der Waals surface area contributed by atoms with Gasteiger partial charge in [0.05, 0.1) is 22.6 Å². The topological polar surface area (TPSA) is 56.7 Å². The van der Waals surface area contributed by atoms with Gasteiger partial charge in [0.25, 0.3) is 0 Å². The highest BCUT2D eigenvalue weighted by Gasteiger charge is 2.06. The number of hydrogen-bond acceptors (Lipinski definition) is 3. The average molecular weight is 288 g/mol. The quantitative estimate of drug-likeness (QED) is 0.920. The number of benzene rings is 1. The van der Waals surface area contributed by atoms with Crippen molar-refractivity contribution in [3.05, 3.63) is 39.6 Å². The van der Waals surface area contributed by atoms with Gasteiger partial charge in [-0.1, -0.05) is 16.8 Å². The Morgan fingerprint density at radius 3 is 2.93 bits per heavy atom. The standard InChI is InChI=1S/C9H8BrClN4/c10-8-2-1-6(3-9(8)11)15-7(4-12)5-13-14-15/h1-3,5H,4,12H2. The molecule has 2 rings (SSSR count). The van der Waals surface area contributed by atoms with Crippen molar-refractivity contribution in [1.82, 2.24) is 15.0 Å². The predicted molar refractivity (Wildman–Crippen MR) is 62.0 cm³/mol. The Morgan fingerprint density at radius 2 is 2.27 bits per heavy atom. The van der Waals surface area contributed by atoms with Crippen LogP contribution in [0.1, 0.15) is 5.69 Å². The molecule has 1 aromatic carbocycles. The number of rotatable bonds is 2. The molecular weight excluding hydrogens is 279 g/mol. The van der Waals surface area contributed by atoms with Gasteiger partial charge in [0.15, 0.2) is 0 Å². The second kappa shape index (κ2) is 4.30. The highest BCUT2D eigenvalue weighted by molar-refractivity contribution is 9.10. The molecule has 0 atom stereocenters. The molecule has 0 aliphatic rings. The Labute approximate surface area is 100 Å². The van der Waals surface area contributed by atoms with Gasteiger partial charge in [0, 0.05) is 11.0 Å². The molecule has 0 spiro atoms. The molecule has 6 heteroatoms. The van der Waals surface area contributed by atoms with E-state index in [0.29, 0.717) is 11.6 Å². The number of hydrogen-bond donors (Lipinski definition) is 1. The van der Waals surface area contributed by atoms with Crippen LogP contribution in [0.15, 0.2) is 28.9 Å². The van der Waals surface area contributed by atoms with E-state index in [1.54, 1.807) is 16.9 Å². The van der Waals surface area contributed by atoms with Crippen LogP contribution in [0.5, 0.6) is 0 Å². The van der Waals surface area contributed by atoms with Crippen molar-refractivity contribution in [3.8, 4) is 5.69 Å². The van der Waals surface area contributed by atoms with E-state index in [4.69, 9.17) is 17.3 Å². The molecule has 0 bridgehead atoms. The van der Waals surface area contributed by atoms with Crippen LogP contribution in [0.4, 0.5) is 0 Å². The third-order valence-electron chi connectivity index (χ3n) is 1.98. The van der Waals surface area contributed by atoms with Crippen molar-refractivity contribution >= 4 is 27.5 Å². The van der Waals surface area contributed by atoms with Crippen LogP contribution in [0.2, 0.25) is 5.02 Å². The molecule has 2 N–H and O–H groups in total. The first kappa shape index (κ1) is 10.6. The van der Waals surface area contributed by atoms with Crippen molar-refractivity contribution in [1.29, 1.82) is 0 Å². The summed E-state index contributed by atoms with van der Waals surface area (Å²) in [5, 5.41) is 8.37. The van der Waals surface area contributed by atoms with E-state index in [2.05, 4.69) is 26.2 Å². The van der Waals surface area contributed by atoms with Gasteiger partial charge in [-0.25, -0.2) is 4.68 Å². The molecular formula is C9H8BrClN4. The maximum atomic E-state index is 5.99. The van der Waals surface area contributed by atoms with E-state index >= 15 is 0 Å². The molecule has 15 heavy (non-hydrogen) atoms. The molecule has 4 nitrogen and oxygen atoms in total. The first-order chi connectivity index (χ1) is 7.22. The molecule has 0 saturated heterocycles. The first-order valence-electron chi connectivity index (χ1n) is 4.27. The molecule has 0 unspecified atom stereocenters. The predicted octanol–water partition coefficient (Wildman–Crippen LogP) is 2.14. The molecule has 0 aliphatic carbocycles. The van der Waals surface area contributed by atoms with Gasteiger partial charge in [-0.2, -0.15) is 0 Å². The van der Waals surface area contributed by atoms with Crippen LogP contribution >= 0.6 is 27.5 Å². The van der Waals surface area contributed by atoms with Gasteiger partial charge in [-0.3, -0.25) is 0 Å². The fourth-order valence-electron chi connectivity index (χ4n) is 1.23. The molecule has 1 heterocycles. The summed E-state index contributed by atoms with van der Waals surface area (Å²) in [5.74, 6) is 0. The van der Waals surface area contributed by atoms with Crippen LogP contribution in [-0.4, -0.2) is 15.0 Å². The summed E-state index contributed by atoms with van der Waals surface area (Å²) >= 11 is 9.31. The SMILES string of the molecule is NCc1cnnn1-c1ccc(Br)c(Cl)c1. The lowest BCUT2D eigenvalue weighted by Gasteiger charge is -2.05. The van der Waals surface area contributed by atoms with E-state index in [9.17, 15) is 0 Å². The normalized spacial score (nSPS) is 10.6. The highest BCUT2D eigenvalue weighted by atomic mass is 79.9. The van der Waals surface area contributed by atoms with Gasteiger partial charge in [-0.05, 0) is 34.1 Å². The van der Waals surface area contributed by atoms with E-state index < -0.39 is 0 Å². The molecule has 0 radical (unpaired) electrons. The zero-order chi connectivity index (χ0) is 10.8. The van der Waals surface area contributed by atoms with Gasteiger partial charge >= 0.3 is 0 Å². The van der Waals surface area contributed by atoms with Gasteiger partial charge < -0.3 is 5.73 Å². The highest BCUT2D eigenvalue weighted by Crippen LogP contribution is 2.24. The summed E-state index contributed by atoms with van der Waals surface area (Å²) in [6.45, 7) is 0.390. The van der Waals surface area contributed by atoms with Crippen molar-refractivity contribution in [2.75, 3.05) is 0 Å². The second-order valence-electron chi connectivity index (χ2n) is 2.94. The summed E-state index contributed by atoms with van der Waals surface area (Å²) in [6.07, 6.45) is 1.63. The zero-order valence-electron chi connectivity index (χ0n) is 7.69. The minimum Gasteiger partial charge on any atom is -0.325 e. The van der Waals surface area contributed by atoms with Crippen LogP contribution in [-0.2, 0) is 6.54 Å². The van der Waals surface area contributed by atoms with Gasteiger partial charge in [0.2, 0.25) is 0 Å². The largest absolute Gasteiger partial charge is 0.325 e. The summed E-state index contributed by atoms with van der Waals surface area (Å²) in [5.41, 5.74) is 7.25. The lowest BCUT2D eigenvalue weighted by atomic mass is 10.3. The number of nitrogens with two attached hydrogens (primary N) is 1. The molecule has 2 aromatic rings. The molecule has 78 valence electrons. The molecule has 0 amide bonds. The summed E-state index contributed by atoms with van der Waals surface area (Å²) in [7, 11) is 0. The van der Waals surface area contributed by atoms with Crippen LogP contribution in [0.25, 0.3) is 5.69 Å². The second-order valence-corrected chi connectivity index (χ2v) is 4.20. The Hall–Kier alpha value is -0.910. The minimum atomic E-state index is 0.390. The van der Waals surface area contributed by atoms with Gasteiger partial charge in [0.1, 0.15) is 0 Å². The lowest BCUT2D eigenvalue weighted by molar-refractivity contribution is 0.761. The molecule has 0 aliphatic heterocycles. The van der Waals surface area contributed by atoms with Crippen molar-refractivity contribution in [2.45, 2.75) is 6.54 Å². The van der Waals surface area contributed by atoms with E-state index in [-0.39, 0.29) is 0 Å². The van der Waals surface area contributed by atoms with Crippen molar-refractivity contribution < 1.29 is 0 Å². The first-order valence-corrected chi connectivity index (χ1v) is 5.44. The zero-order valence-corrected chi connectivity index (χ0v) is 10.0. The Kier molecular flexibility index (Phi) is 3.04. The van der Waals surface area contributed by atoms with E-state index in [1.165, 1.54) is 0 Å². The molecule has 0 fully saturated rings. The Bertz CT molecular complexity index is 483. The molecule has 0 saturated carbocycles. The van der Waals surface area contributed by atoms with Gasteiger partial charge in [-0.15, -0.1) is 5.10 Å². The van der Waals surface area contributed by atoms with Crippen LogP contribution < -0.4 is 5.73 Å². The molecule has 1 aromatic heterocycles. The van der Waals surface area contributed by atoms with E-state index in [1.807, 2.05) is 12.1 Å². The number of halogens is 2. The fourth-order valence-corrected chi connectivity index (χ4v) is 1.65. The van der Waals surface area contributed by atoms with Crippen LogP contribution in [0.3, 0.4) is 0 Å². The maximum Gasteiger partial charge on any atom is 0.0781 e. The fraction of sp³-hybridized carbons (Fsp3) is 0.111. The van der Waals surface area contributed by atoms with E-state index in [0.717, 1.165) is 15.9 Å². The Balaban J connectivity index is 2.50. The maximum absolute atomic E-state index is 5.99. The average Bonchev–Trinajstić information content (AvgIpc) is 2.70. The summed E-state index contributed by atoms with van der Waals surface area (Å²) in [6, 6.07) is 5.56. The number of nitrogens with zero attached hydrogens (tertiary/aromatic N) is 3. The van der Waals surface area contributed by atoms with Crippen molar-refractivity contribution in [3.63, 3.8) is 0 Å². The third kappa shape index (κ3) is 2.04. The smallest absolute Gasteiger partial charge is 0.0781 e. The monoisotopic (exact) mass is 286 g/mol. The summed E-state index contributed by atoms with van der Waals surface area (Å²) < 4.78 is 2.51. The lowest BCUT2D eigenvalue weighted by Crippen LogP contribution is -2.06. The van der Waals surface area contributed by atoms with Crippen molar-refractivity contribution in [2.24, 2.45) is 5.73 Å². The number of aromatic nitrogens is 3.